The van der Waals surface area contributed by atoms with Crippen molar-refractivity contribution in [2.75, 3.05) is 11.1 Å². The van der Waals surface area contributed by atoms with Gasteiger partial charge < -0.3 is 5.73 Å². The third-order valence-electron chi connectivity index (χ3n) is 2.47. The zero-order valence-corrected chi connectivity index (χ0v) is 10.4. The molecule has 0 bridgehead atoms. The second-order valence-electron chi connectivity index (χ2n) is 3.68. The maximum Gasteiger partial charge on any atom is 0.258 e. The van der Waals surface area contributed by atoms with Gasteiger partial charge in [0.15, 0.2) is 0 Å². The maximum absolute atomic E-state index is 12.0. The minimum absolute atomic E-state index is 0.161. The van der Waals surface area contributed by atoms with Gasteiger partial charge in [-0.15, -0.1) is 0 Å². The lowest BCUT2D eigenvalue weighted by molar-refractivity contribution is 0.102. The van der Waals surface area contributed by atoms with Crippen LogP contribution in [-0.2, 0) is 0 Å². The molecule has 2 rings (SSSR count). The van der Waals surface area contributed by atoms with E-state index in [-0.39, 0.29) is 17.0 Å². The van der Waals surface area contributed by atoms with E-state index in [1.807, 2.05) is 0 Å². The number of anilines is 2. The summed E-state index contributed by atoms with van der Waals surface area (Å²) in [5.41, 5.74) is 7.51. The standard InChI is InChI=1S/C12H11ClN4O/c1-7-8(3-2-4-9(7)14)11(18)17-12-15-6-5-10(13)16-12/h2-6H,14H2,1H3,(H,15,16,17,18). The molecule has 0 fully saturated rings. The van der Waals surface area contributed by atoms with Crippen LogP contribution in [0.25, 0.3) is 0 Å². The van der Waals surface area contributed by atoms with Gasteiger partial charge >= 0.3 is 0 Å². The van der Waals surface area contributed by atoms with E-state index in [1.54, 1.807) is 25.1 Å². The number of amides is 1. The molecule has 1 aromatic heterocycles. The van der Waals surface area contributed by atoms with Crippen LogP contribution in [0.1, 0.15) is 15.9 Å². The summed E-state index contributed by atoms with van der Waals surface area (Å²) in [6.45, 7) is 1.78. The van der Waals surface area contributed by atoms with Gasteiger partial charge in [-0.1, -0.05) is 17.7 Å². The third kappa shape index (κ3) is 2.57. The molecule has 0 unspecified atom stereocenters. The third-order valence-corrected chi connectivity index (χ3v) is 2.68. The second-order valence-corrected chi connectivity index (χ2v) is 4.06. The van der Waals surface area contributed by atoms with Crippen LogP contribution >= 0.6 is 11.6 Å². The van der Waals surface area contributed by atoms with Gasteiger partial charge in [-0.05, 0) is 30.7 Å². The molecule has 92 valence electrons. The lowest BCUT2D eigenvalue weighted by Gasteiger charge is -2.08. The average Bonchev–Trinajstić information content (AvgIpc) is 2.32. The van der Waals surface area contributed by atoms with Gasteiger partial charge in [-0.25, -0.2) is 9.97 Å². The predicted molar refractivity (Wildman–Crippen MR) is 70.6 cm³/mol. The maximum atomic E-state index is 12.0. The smallest absolute Gasteiger partial charge is 0.258 e. The van der Waals surface area contributed by atoms with Crippen LogP contribution in [-0.4, -0.2) is 15.9 Å². The Morgan fingerprint density at radius 2 is 2.17 bits per heavy atom. The molecule has 5 nitrogen and oxygen atoms in total. The summed E-state index contributed by atoms with van der Waals surface area (Å²) < 4.78 is 0. The van der Waals surface area contributed by atoms with Crippen molar-refractivity contribution in [1.82, 2.24) is 9.97 Å². The molecule has 6 heteroatoms. The number of aromatic nitrogens is 2. The van der Waals surface area contributed by atoms with Gasteiger partial charge in [0.25, 0.3) is 5.91 Å². The monoisotopic (exact) mass is 262 g/mol. The van der Waals surface area contributed by atoms with Crippen molar-refractivity contribution in [2.45, 2.75) is 6.92 Å². The van der Waals surface area contributed by atoms with Crippen molar-refractivity contribution < 1.29 is 4.79 Å². The number of nitrogens with zero attached hydrogens (tertiary/aromatic N) is 2. The first-order chi connectivity index (χ1) is 8.58. The molecule has 0 spiro atoms. The summed E-state index contributed by atoms with van der Waals surface area (Å²) in [5.74, 6) is -0.156. The summed E-state index contributed by atoms with van der Waals surface area (Å²) in [5, 5.41) is 2.83. The Bertz CT molecular complexity index is 600. The first kappa shape index (κ1) is 12.3. The lowest BCUT2D eigenvalue weighted by Crippen LogP contribution is -2.16. The van der Waals surface area contributed by atoms with Crippen molar-refractivity contribution in [3.63, 3.8) is 0 Å². The fourth-order valence-electron chi connectivity index (χ4n) is 1.47. The Kier molecular flexibility index (Phi) is 3.43. The number of nitrogens with two attached hydrogens (primary N) is 1. The highest BCUT2D eigenvalue weighted by Crippen LogP contribution is 2.16. The molecule has 1 amide bonds. The Morgan fingerprint density at radius 3 is 2.89 bits per heavy atom. The van der Waals surface area contributed by atoms with Crippen molar-refractivity contribution in [3.8, 4) is 0 Å². The zero-order chi connectivity index (χ0) is 13.1. The minimum Gasteiger partial charge on any atom is -0.398 e. The van der Waals surface area contributed by atoms with Gasteiger partial charge in [0.2, 0.25) is 5.95 Å². The number of carbonyl (C=O) groups is 1. The molecule has 0 saturated carbocycles. The normalized spacial score (nSPS) is 10.1. The van der Waals surface area contributed by atoms with Gasteiger partial charge in [0.1, 0.15) is 5.15 Å². The molecule has 1 aromatic carbocycles. The zero-order valence-electron chi connectivity index (χ0n) is 9.64. The van der Waals surface area contributed by atoms with Crippen molar-refractivity contribution >= 4 is 29.1 Å². The highest BCUT2D eigenvalue weighted by molar-refractivity contribution is 6.29. The van der Waals surface area contributed by atoms with Crippen LogP contribution in [0.3, 0.4) is 0 Å². The molecule has 0 radical (unpaired) electrons. The van der Waals surface area contributed by atoms with E-state index in [1.165, 1.54) is 12.3 Å². The number of hydrogen-bond acceptors (Lipinski definition) is 4. The van der Waals surface area contributed by atoms with E-state index in [9.17, 15) is 4.79 Å². The Balaban J connectivity index is 2.25. The van der Waals surface area contributed by atoms with Crippen molar-refractivity contribution in [3.05, 3.63) is 46.7 Å². The van der Waals surface area contributed by atoms with Gasteiger partial charge in [-0.3, -0.25) is 10.1 Å². The number of benzene rings is 1. The molecule has 1 heterocycles. The van der Waals surface area contributed by atoms with Crippen LogP contribution < -0.4 is 11.1 Å². The van der Waals surface area contributed by atoms with Crippen LogP contribution in [0, 0.1) is 6.92 Å². The molecule has 0 saturated heterocycles. The molecule has 2 aromatic rings. The van der Waals surface area contributed by atoms with E-state index < -0.39 is 0 Å². The molecule has 0 aliphatic rings. The molecule has 18 heavy (non-hydrogen) atoms. The highest BCUT2D eigenvalue weighted by atomic mass is 35.5. The van der Waals surface area contributed by atoms with E-state index in [2.05, 4.69) is 15.3 Å². The SMILES string of the molecule is Cc1c(N)cccc1C(=O)Nc1nccc(Cl)n1. The van der Waals surface area contributed by atoms with Crippen molar-refractivity contribution in [1.29, 1.82) is 0 Å². The van der Waals surface area contributed by atoms with E-state index in [4.69, 9.17) is 17.3 Å². The Hall–Kier alpha value is -2.14. The fourth-order valence-corrected chi connectivity index (χ4v) is 1.60. The summed E-state index contributed by atoms with van der Waals surface area (Å²) in [4.78, 5) is 19.8. The molecule has 0 aliphatic carbocycles. The largest absolute Gasteiger partial charge is 0.398 e. The quantitative estimate of drug-likeness (QED) is 0.643. The second kappa shape index (κ2) is 5.01. The molecular weight excluding hydrogens is 252 g/mol. The number of carbonyl (C=O) groups excluding carboxylic acids is 1. The summed E-state index contributed by atoms with van der Waals surface area (Å²) >= 11 is 5.71. The Morgan fingerprint density at radius 1 is 1.39 bits per heavy atom. The van der Waals surface area contributed by atoms with Gasteiger partial charge in [0, 0.05) is 17.4 Å². The summed E-state index contributed by atoms with van der Waals surface area (Å²) in [6, 6.07) is 6.67. The van der Waals surface area contributed by atoms with Crippen LogP contribution in [0.2, 0.25) is 5.15 Å². The molecular formula is C12H11ClN4O. The average molecular weight is 263 g/mol. The number of halogens is 1. The van der Waals surface area contributed by atoms with E-state index >= 15 is 0 Å². The first-order valence-corrected chi connectivity index (χ1v) is 5.60. The molecule has 3 N–H and O–H groups in total. The molecule has 0 aliphatic heterocycles. The van der Waals surface area contributed by atoms with Crippen LogP contribution in [0.5, 0.6) is 0 Å². The van der Waals surface area contributed by atoms with E-state index in [0.717, 1.165) is 5.56 Å². The molecule has 0 atom stereocenters. The van der Waals surface area contributed by atoms with Crippen LogP contribution in [0.15, 0.2) is 30.5 Å². The number of nitrogens with one attached hydrogen (secondary N) is 1. The van der Waals surface area contributed by atoms with E-state index in [0.29, 0.717) is 11.3 Å². The van der Waals surface area contributed by atoms with Crippen molar-refractivity contribution in [2.24, 2.45) is 0 Å². The number of nitrogen functional groups attached to an aromatic ring is 1. The topological polar surface area (TPSA) is 80.9 Å². The highest BCUT2D eigenvalue weighted by Gasteiger charge is 2.11. The Labute approximate surface area is 109 Å². The number of rotatable bonds is 2. The summed E-state index contributed by atoms with van der Waals surface area (Å²) in [7, 11) is 0. The van der Waals surface area contributed by atoms with Gasteiger partial charge in [-0.2, -0.15) is 0 Å². The van der Waals surface area contributed by atoms with Crippen LogP contribution in [0.4, 0.5) is 11.6 Å². The summed E-state index contributed by atoms with van der Waals surface area (Å²) in [6.07, 6.45) is 1.47. The fraction of sp³-hybridized carbons (Fsp3) is 0.0833. The van der Waals surface area contributed by atoms with Gasteiger partial charge in [0.05, 0.1) is 0 Å². The predicted octanol–water partition coefficient (Wildman–Crippen LogP) is 2.27. The first-order valence-electron chi connectivity index (χ1n) is 5.23. The minimum atomic E-state index is -0.318. The number of hydrogen-bond donors (Lipinski definition) is 2. The lowest BCUT2D eigenvalue weighted by atomic mass is 10.1.